The normalized spacial score (nSPS) is 11.2. The van der Waals surface area contributed by atoms with E-state index in [9.17, 15) is 28.5 Å². The number of halogens is 2. The molecule has 0 atom stereocenters. The number of rotatable bonds is 9. The minimum Gasteiger partial charge on any atom is -0.479 e. The summed E-state index contributed by atoms with van der Waals surface area (Å²) in [5.41, 5.74) is 6.14. The number of anilines is 1. The number of nitro benzene ring substituents is 1. The van der Waals surface area contributed by atoms with Crippen LogP contribution >= 0.6 is 11.3 Å². The molecule has 0 bridgehead atoms. The lowest BCUT2D eigenvalue weighted by atomic mass is 10.0. The van der Waals surface area contributed by atoms with Crippen LogP contribution in [0.4, 0.5) is 20.2 Å². The average molecular weight is 583 g/mol. The molecule has 0 unspecified atom stereocenters. The summed E-state index contributed by atoms with van der Waals surface area (Å²) in [5, 5.41) is 18.3. The van der Waals surface area contributed by atoms with E-state index in [1.54, 1.807) is 26.2 Å². The summed E-state index contributed by atoms with van der Waals surface area (Å²) in [6.07, 6.45) is -1.27. The van der Waals surface area contributed by atoms with Crippen LogP contribution in [0, 0.1) is 17.0 Å². The Hall–Kier alpha value is -5.18. The molecular weight excluding hydrogens is 562 g/mol. The number of nitrogens with one attached hydrogen (secondary N) is 1. The first-order valence-electron chi connectivity index (χ1n) is 11.9. The van der Waals surface area contributed by atoms with Gasteiger partial charge in [-0.2, -0.15) is 5.10 Å². The van der Waals surface area contributed by atoms with Crippen molar-refractivity contribution in [2.75, 3.05) is 5.32 Å². The van der Waals surface area contributed by atoms with Crippen LogP contribution in [0.25, 0.3) is 21.3 Å². The van der Waals surface area contributed by atoms with E-state index in [-0.39, 0.29) is 55.9 Å². The molecule has 3 N–H and O–H groups in total. The highest BCUT2D eigenvalue weighted by molar-refractivity contribution is 7.21. The van der Waals surface area contributed by atoms with Gasteiger partial charge in [0, 0.05) is 30.3 Å². The number of pyridine rings is 1. The summed E-state index contributed by atoms with van der Waals surface area (Å²) in [6, 6.07) is 9.78. The molecule has 210 valence electrons. The molecule has 0 aliphatic heterocycles. The van der Waals surface area contributed by atoms with Gasteiger partial charge in [-0.3, -0.25) is 24.4 Å². The number of aromatic nitrogens is 3. The van der Waals surface area contributed by atoms with Gasteiger partial charge in [0.2, 0.25) is 0 Å². The van der Waals surface area contributed by atoms with E-state index in [4.69, 9.17) is 14.9 Å². The van der Waals surface area contributed by atoms with Crippen LogP contribution in [0.2, 0.25) is 0 Å². The second-order valence-corrected chi connectivity index (χ2v) is 9.78. The Balaban J connectivity index is 1.50. The molecule has 0 radical (unpaired) electrons. The smallest absolute Gasteiger partial charge is 0.310 e. The molecule has 5 aromatic rings. The lowest BCUT2D eigenvalue weighted by Gasteiger charge is -2.10. The largest absolute Gasteiger partial charge is 0.479 e. The first kappa shape index (κ1) is 27.4. The van der Waals surface area contributed by atoms with E-state index in [1.165, 1.54) is 41.1 Å². The van der Waals surface area contributed by atoms with Crippen molar-refractivity contribution in [3.63, 3.8) is 0 Å². The van der Waals surface area contributed by atoms with Gasteiger partial charge in [-0.1, -0.05) is 12.1 Å². The van der Waals surface area contributed by atoms with Crippen LogP contribution in [-0.2, 0) is 13.7 Å². The number of nitrogens with zero attached hydrogens (tertiary/aromatic N) is 4. The van der Waals surface area contributed by atoms with Gasteiger partial charge >= 0.3 is 5.69 Å². The third-order valence-electron chi connectivity index (χ3n) is 5.99. The lowest BCUT2D eigenvalue weighted by molar-refractivity contribution is -0.386. The number of primary amides is 1. The number of hydrogen-bond donors (Lipinski definition) is 2. The Kier molecular flexibility index (Phi) is 7.19. The first-order chi connectivity index (χ1) is 19.5. The number of carbonyl (C=O) groups excluding carboxylic acids is 2. The van der Waals surface area contributed by atoms with Crippen molar-refractivity contribution < 1.29 is 32.4 Å². The molecule has 0 aliphatic carbocycles. The number of benzene rings is 1. The van der Waals surface area contributed by atoms with Gasteiger partial charge in [0.1, 0.15) is 27.8 Å². The highest BCUT2D eigenvalue weighted by Gasteiger charge is 2.27. The van der Waals surface area contributed by atoms with Gasteiger partial charge in [0.05, 0.1) is 16.3 Å². The van der Waals surface area contributed by atoms with Crippen molar-refractivity contribution in [2.24, 2.45) is 12.8 Å². The minimum atomic E-state index is -2.90. The summed E-state index contributed by atoms with van der Waals surface area (Å²) < 4.78 is 40.0. The van der Waals surface area contributed by atoms with Crippen LogP contribution in [0.5, 0.6) is 5.75 Å². The van der Waals surface area contributed by atoms with Gasteiger partial charge in [0.25, 0.3) is 18.2 Å². The number of carbonyl (C=O) groups is 2. The molecule has 0 saturated heterocycles. The van der Waals surface area contributed by atoms with E-state index in [0.29, 0.717) is 11.3 Å². The van der Waals surface area contributed by atoms with Crippen LogP contribution in [0.15, 0.2) is 53.1 Å². The lowest BCUT2D eigenvalue weighted by Crippen LogP contribution is -2.16. The average Bonchev–Trinajstić information content (AvgIpc) is 3.64. The number of furan rings is 1. The quantitative estimate of drug-likeness (QED) is 0.173. The Morgan fingerprint density at radius 2 is 2.00 bits per heavy atom. The van der Waals surface area contributed by atoms with Crippen molar-refractivity contribution in [1.29, 1.82) is 0 Å². The number of amides is 2. The predicted octanol–water partition coefficient (Wildman–Crippen LogP) is 5.37. The number of nitrogens with two attached hydrogens (primary N) is 1. The van der Waals surface area contributed by atoms with Gasteiger partial charge in [-0.15, -0.1) is 11.3 Å². The monoisotopic (exact) mass is 582 g/mol. The maximum Gasteiger partial charge on any atom is 0.310 e. The van der Waals surface area contributed by atoms with Crippen molar-refractivity contribution in [1.82, 2.24) is 14.8 Å². The molecule has 4 aromatic heterocycles. The van der Waals surface area contributed by atoms with E-state index < -0.39 is 28.9 Å². The van der Waals surface area contributed by atoms with Crippen molar-refractivity contribution in [3.05, 3.63) is 86.6 Å². The summed E-state index contributed by atoms with van der Waals surface area (Å²) in [4.78, 5) is 40.2. The van der Waals surface area contributed by atoms with Crippen molar-refractivity contribution >= 4 is 44.7 Å². The fourth-order valence-corrected chi connectivity index (χ4v) is 5.24. The molecular formula is C26H20F2N6O6S. The topological polar surface area (TPSA) is 168 Å². The van der Waals surface area contributed by atoms with E-state index in [2.05, 4.69) is 15.4 Å². The van der Waals surface area contributed by atoms with E-state index in [1.807, 2.05) is 0 Å². The van der Waals surface area contributed by atoms with Crippen LogP contribution in [0.3, 0.4) is 0 Å². The predicted molar refractivity (Wildman–Crippen MR) is 144 cm³/mol. The maximum absolute atomic E-state index is 13.7. The summed E-state index contributed by atoms with van der Waals surface area (Å²) in [5.74, 6) is -1.62. The van der Waals surface area contributed by atoms with Gasteiger partial charge in [-0.25, -0.2) is 13.8 Å². The molecule has 2 amide bonds. The first-order valence-corrected chi connectivity index (χ1v) is 12.7. The molecule has 12 nitrogen and oxygen atoms in total. The Labute approximate surface area is 233 Å². The molecule has 0 spiro atoms. The van der Waals surface area contributed by atoms with Crippen molar-refractivity contribution in [3.8, 4) is 16.9 Å². The molecule has 1 aromatic carbocycles. The van der Waals surface area contributed by atoms with E-state index >= 15 is 0 Å². The van der Waals surface area contributed by atoms with Gasteiger partial charge in [-0.05, 0) is 36.8 Å². The highest BCUT2D eigenvalue weighted by Crippen LogP contribution is 2.43. The SMILES string of the molecule is Cc1nn(C)cc1-c1cc(C(F)F)nc2sc(C(N)=O)c(NC(=O)c3ccc(COc4ccccc4[N+](=O)[O-])o3)c12. The Morgan fingerprint density at radius 3 is 2.66 bits per heavy atom. The summed E-state index contributed by atoms with van der Waals surface area (Å²) in [7, 11) is 1.67. The zero-order valence-electron chi connectivity index (χ0n) is 21.4. The molecule has 4 heterocycles. The number of fused-ring (bicyclic) bond motifs is 1. The molecule has 5 rings (SSSR count). The fourth-order valence-electron chi connectivity index (χ4n) is 4.23. The number of para-hydroxylation sites is 2. The zero-order valence-corrected chi connectivity index (χ0v) is 22.2. The van der Waals surface area contributed by atoms with E-state index in [0.717, 1.165) is 11.3 Å². The molecule has 0 aliphatic rings. The Bertz CT molecular complexity index is 1830. The number of aryl methyl sites for hydroxylation is 2. The second-order valence-electron chi connectivity index (χ2n) is 8.78. The number of alkyl halides is 2. The third-order valence-corrected chi connectivity index (χ3v) is 7.09. The standard InChI is InChI=1S/C26H20F2N6O6S/c1-12-15(10-33(2)32-12)14-9-16(23(27)28)30-26-20(14)21(22(41-26)24(29)35)31-25(36)19-8-7-13(40-19)11-39-18-6-4-3-5-17(18)34(37)38/h3-10,23H,11H2,1-2H3,(H2,29,35)(H,31,36). The van der Waals surface area contributed by atoms with Crippen LogP contribution < -0.4 is 15.8 Å². The number of ether oxygens (including phenoxy) is 1. The Morgan fingerprint density at radius 1 is 1.24 bits per heavy atom. The molecule has 0 saturated carbocycles. The molecule has 0 fully saturated rings. The van der Waals surface area contributed by atoms with Gasteiger partial charge in [0.15, 0.2) is 11.5 Å². The third kappa shape index (κ3) is 5.34. The fraction of sp³-hybridized carbons (Fsp3) is 0.154. The highest BCUT2D eigenvalue weighted by atomic mass is 32.1. The van der Waals surface area contributed by atoms with Crippen LogP contribution in [-0.4, -0.2) is 31.5 Å². The van der Waals surface area contributed by atoms with Crippen molar-refractivity contribution in [2.45, 2.75) is 20.0 Å². The van der Waals surface area contributed by atoms with Gasteiger partial charge < -0.3 is 20.2 Å². The maximum atomic E-state index is 13.7. The number of thiophene rings is 1. The summed E-state index contributed by atoms with van der Waals surface area (Å²) in [6.45, 7) is 1.48. The zero-order chi connectivity index (χ0) is 29.4. The summed E-state index contributed by atoms with van der Waals surface area (Å²) >= 11 is 0.770. The number of hydrogen-bond acceptors (Lipinski definition) is 9. The molecule has 15 heteroatoms. The molecule has 41 heavy (non-hydrogen) atoms. The number of nitro groups is 1. The van der Waals surface area contributed by atoms with Crippen LogP contribution in [0.1, 0.15) is 43.8 Å². The second kappa shape index (κ2) is 10.8. The minimum absolute atomic E-state index is 0.0109.